The minimum atomic E-state index is -0.891. The van der Waals surface area contributed by atoms with E-state index in [-0.39, 0.29) is 11.9 Å². The van der Waals surface area contributed by atoms with Gasteiger partial charge in [0, 0.05) is 12.2 Å². The van der Waals surface area contributed by atoms with Crippen LogP contribution in [-0.4, -0.2) is 39.0 Å². The molecule has 120 valence electrons. The average molecular weight is 330 g/mol. The van der Waals surface area contributed by atoms with E-state index in [1.165, 1.54) is 0 Å². The first-order valence-electron chi connectivity index (χ1n) is 8.04. The molecule has 6 heteroatoms. The number of carbonyl (C=O) groups is 2. The second-order valence-corrected chi connectivity index (χ2v) is 7.39. The molecule has 1 saturated carbocycles. The average Bonchev–Trinajstić information content (AvgIpc) is 3.17. The number of thiophene rings is 1. The zero-order chi connectivity index (χ0) is 16.0. The number of pyridine rings is 1. The molecule has 2 aromatic rings. The van der Waals surface area contributed by atoms with Crippen LogP contribution >= 0.6 is 11.3 Å². The maximum Gasteiger partial charge on any atom is 0.326 e. The van der Waals surface area contributed by atoms with Gasteiger partial charge in [-0.3, -0.25) is 9.78 Å². The Morgan fingerprint density at radius 2 is 2.13 bits per heavy atom. The number of aliphatic carboxylic acids is 1. The predicted octanol–water partition coefficient (Wildman–Crippen LogP) is 3.15. The number of carboxylic acids is 1. The Balaban J connectivity index is 1.70. The number of hydrogen-bond acceptors (Lipinski definition) is 4. The molecule has 1 amide bonds. The lowest BCUT2D eigenvalue weighted by Crippen LogP contribution is -2.46. The number of fused-ring (bicyclic) bond motifs is 2. The van der Waals surface area contributed by atoms with Crippen LogP contribution in [0.5, 0.6) is 0 Å². The van der Waals surface area contributed by atoms with Gasteiger partial charge in [-0.15, -0.1) is 11.3 Å². The monoisotopic (exact) mass is 330 g/mol. The molecule has 1 saturated heterocycles. The van der Waals surface area contributed by atoms with E-state index in [4.69, 9.17) is 0 Å². The summed E-state index contributed by atoms with van der Waals surface area (Å²) in [5.41, 5.74) is 1.37. The molecule has 0 spiro atoms. The number of likely N-dealkylation sites (tertiary alicyclic amines) is 1. The molecule has 0 radical (unpaired) electrons. The lowest BCUT2D eigenvalue weighted by molar-refractivity contribution is -0.141. The van der Waals surface area contributed by atoms with Gasteiger partial charge in [0.1, 0.15) is 6.04 Å². The minimum absolute atomic E-state index is 0.0661. The molecular weight excluding hydrogens is 312 g/mol. The first-order chi connectivity index (χ1) is 11.1. The van der Waals surface area contributed by atoms with Gasteiger partial charge in [0.15, 0.2) is 0 Å². The van der Waals surface area contributed by atoms with Crippen molar-refractivity contribution in [1.29, 1.82) is 0 Å². The lowest BCUT2D eigenvalue weighted by Gasteiger charge is -2.33. The van der Waals surface area contributed by atoms with Gasteiger partial charge >= 0.3 is 5.97 Å². The largest absolute Gasteiger partial charge is 0.480 e. The Labute approximate surface area is 137 Å². The van der Waals surface area contributed by atoms with Gasteiger partial charge in [-0.25, -0.2) is 4.79 Å². The number of carboxylic acid groups (broad SMARTS) is 1. The van der Waals surface area contributed by atoms with Gasteiger partial charge < -0.3 is 10.0 Å². The summed E-state index contributed by atoms with van der Waals surface area (Å²) in [5, 5.41) is 11.5. The zero-order valence-electron chi connectivity index (χ0n) is 12.6. The standard InChI is InChI=1S/C17H18N2O3S/c20-16(11-8-15-12(18-9-11)5-6-23-15)19-13-4-2-1-3-10(13)7-14(19)17(21)22/h5-6,8-10,13-14H,1-4,7H2,(H,21,22). The highest BCUT2D eigenvalue weighted by molar-refractivity contribution is 7.17. The van der Waals surface area contributed by atoms with Crippen molar-refractivity contribution in [1.82, 2.24) is 9.88 Å². The Kier molecular flexibility index (Phi) is 3.56. The molecule has 1 aliphatic carbocycles. The van der Waals surface area contributed by atoms with Crippen LogP contribution < -0.4 is 0 Å². The fourth-order valence-corrected chi connectivity index (χ4v) is 4.87. The van der Waals surface area contributed by atoms with Crippen LogP contribution in [0.4, 0.5) is 0 Å². The third kappa shape index (κ3) is 2.41. The van der Waals surface area contributed by atoms with Crippen LogP contribution in [-0.2, 0) is 4.79 Å². The summed E-state index contributed by atoms with van der Waals surface area (Å²) < 4.78 is 0.960. The highest BCUT2D eigenvalue weighted by atomic mass is 32.1. The minimum Gasteiger partial charge on any atom is -0.480 e. The fourth-order valence-electron chi connectivity index (χ4n) is 4.09. The van der Waals surface area contributed by atoms with Crippen molar-refractivity contribution in [2.75, 3.05) is 0 Å². The number of carbonyl (C=O) groups excluding carboxylic acids is 1. The molecule has 4 rings (SSSR count). The van der Waals surface area contributed by atoms with Gasteiger partial charge in [0.2, 0.25) is 0 Å². The summed E-state index contributed by atoms with van der Waals surface area (Å²) in [6, 6.07) is 3.12. The van der Waals surface area contributed by atoms with E-state index in [0.717, 1.165) is 35.9 Å². The first-order valence-corrected chi connectivity index (χ1v) is 8.92. The Hall–Kier alpha value is -1.95. The van der Waals surface area contributed by atoms with Gasteiger partial charge in [-0.1, -0.05) is 12.8 Å². The predicted molar refractivity (Wildman–Crippen MR) is 87.6 cm³/mol. The van der Waals surface area contributed by atoms with E-state index in [1.54, 1.807) is 22.4 Å². The number of hydrogen-bond donors (Lipinski definition) is 1. The molecule has 23 heavy (non-hydrogen) atoms. The topological polar surface area (TPSA) is 70.5 Å². The smallest absolute Gasteiger partial charge is 0.326 e. The molecule has 1 aliphatic heterocycles. The summed E-state index contributed by atoms with van der Waals surface area (Å²) in [5.74, 6) is -0.750. The Morgan fingerprint density at radius 3 is 2.96 bits per heavy atom. The van der Waals surface area contributed by atoms with Crippen molar-refractivity contribution in [3.8, 4) is 0 Å². The number of amides is 1. The molecular formula is C17H18N2O3S. The third-order valence-corrected chi connectivity index (χ3v) is 6.01. The molecule has 2 aromatic heterocycles. The number of rotatable bonds is 2. The molecule has 3 heterocycles. The van der Waals surface area contributed by atoms with E-state index in [2.05, 4.69) is 4.98 Å². The second-order valence-electron chi connectivity index (χ2n) is 6.44. The van der Waals surface area contributed by atoms with Crippen LogP contribution in [0, 0.1) is 5.92 Å². The van der Waals surface area contributed by atoms with Crippen molar-refractivity contribution in [2.45, 2.75) is 44.2 Å². The first kappa shape index (κ1) is 14.6. The Bertz CT molecular complexity index is 772. The quantitative estimate of drug-likeness (QED) is 0.918. The normalized spacial score (nSPS) is 27.1. The molecule has 3 unspecified atom stereocenters. The van der Waals surface area contributed by atoms with Crippen LogP contribution in [0.3, 0.4) is 0 Å². The van der Waals surface area contributed by atoms with Crippen molar-refractivity contribution >= 4 is 33.4 Å². The van der Waals surface area contributed by atoms with E-state index in [0.29, 0.717) is 17.9 Å². The highest BCUT2D eigenvalue weighted by Gasteiger charge is 2.47. The van der Waals surface area contributed by atoms with Gasteiger partial charge in [0.25, 0.3) is 5.91 Å². The van der Waals surface area contributed by atoms with Crippen molar-refractivity contribution in [3.05, 3.63) is 29.3 Å². The molecule has 0 bridgehead atoms. The summed E-state index contributed by atoms with van der Waals surface area (Å²) in [7, 11) is 0. The maximum atomic E-state index is 13.0. The van der Waals surface area contributed by atoms with Gasteiger partial charge in [0.05, 0.1) is 15.8 Å². The summed E-state index contributed by atoms with van der Waals surface area (Å²) in [4.78, 5) is 30.6. The highest BCUT2D eigenvalue weighted by Crippen LogP contribution is 2.40. The summed E-state index contributed by atoms with van der Waals surface area (Å²) in [6.45, 7) is 0. The third-order valence-electron chi connectivity index (χ3n) is 5.16. The number of aromatic nitrogens is 1. The molecule has 3 atom stereocenters. The van der Waals surface area contributed by atoms with E-state index < -0.39 is 12.0 Å². The van der Waals surface area contributed by atoms with E-state index in [1.807, 2.05) is 17.5 Å². The van der Waals surface area contributed by atoms with Crippen LogP contribution in [0.15, 0.2) is 23.7 Å². The summed E-state index contributed by atoms with van der Waals surface area (Å²) >= 11 is 1.54. The van der Waals surface area contributed by atoms with Crippen LogP contribution in [0.25, 0.3) is 10.2 Å². The second kappa shape index (κ2) is 5.60. The van der Waals surface area contributed by atoms with Gasteiger partial charge in [-0.2, -0.15) is 0 Å². The number of nitrogens with zero attached hydrogens (tertiary/aromatic N) is 2. The fraction of sp³-hybridized carbons (Fsp3) is 0.471. The Morgan fingerprint density at radius 1 is 1.30 bits per heavy atom. The van der Waals surface area contributed by atoms with Crippen molar-refractivity contribution in [3.63, 3.8) is 0 Å². The lowest BCUT2D eigenvalue weighted by atomic mass is 9.84. The van der Waals surface area contributed by atoms with E-state index in [9.17, 15) is 14.7 Å². The molecule has 0 aromatic carbocycles. The summed E-state index contributed by atoms with van der Waals surface area (Å²) in [6.07, 6.45) is 6.31. The SMILES string of the molecule is O=C(O)C1CC2CCCCC2N1C(=O)c1cnc2ccsc2c1. The molecule has 1 N–H and O–H groups in total. The molecule has 2 fully saturated rings. The molecule has 5 nitrogen and oxygen atoms in total. The zero-order valence-corrected chi connectivity index (χ0v) is 13.5. The van der Waals surface area contributed by atoms with Crippen molar-refractivity contribution in [2.24, 2.45) is 5.92 Å². The van der Waals surface area contributed by atoms with Crippen LogP contribution in [0.1, 0.15) is 42.5 Å². The maximum absolute atomic E-state index is 13.0. The van der Waals surface area contributed by atoms with Crippen LogP contribution in [0.2, 0.25) is 0 Å². The van der Waals surface area contributed by atoms with Crippen molar-refractivity contribution < 1.29 is 14.7 Å². The van der Waals surface area contributed by atoms with Gasteiger partial charge in [-0.05, 0) is 42.7 Å². The molecule has 2 aliphatic rings. The van der Waals surface area contributed by atoms with E-state index >= 15 is 0 Å².